The first-order chi connectivity index (χ1) is 22.5. The van der Waals surface area contributed by atoms with E-state index in [-0.39, 0.29) is 32.5 Å². The molecule has 0 bridgehead atoms. The Kier molecular flexibility index (Phi) is 12.6. The molecule has 48 heavy (non-hydrogen) atoms. The number of hydrogen-bond acceptors (Lipinski definition) is 6. The Balaban J connectivity index is 0.000000260. The van der Waals surface area contributed by atoms with Crippen LogP contribution in [-0.2, 0) is 0 Å². The molecule has 0 fully saturated rings. The zero-order chi connectivity index (χ0) is 35.5. The molecule has 0 saturated heterocycles. The van der Waals surface area contributed by atoms with Crippen molar-refractivity contribution in [3.63, 3.8) is 0 Å². The summed E-state index contributed by atoms with van der Waals surface area (Å²) in [7, 11) is 0. The Morgan fingerprint density at radius 1 is 0.500 bits per heavy atom. The van der Waals surface area contributed by atoms with Gasteiger partial charge in [-0.2, -0.15) is 0 Å². The van der Waals surface area contributed by atoms with E-state index in [0.29, 0.717) is 0 Å². The fourth-order valence-corrected chi connectivity index (χ4v) is 3.88. The number of carbonyl (C=O) groups excluding carboxylic acids is 4. The number of alkyl halides is 6. The minimum Gasteiger partial charge on any atom is -0.406 e. The maximum Gasteiger partial charge on any atom is 0.573 e. The highest BCUT2D eigenvalue weighted by Gasteiger charge is 2.31. The molecule has 0 saturated carbocycles. The van der Waals surface area contributed by atoms with Gasteiger partial charge in [0.15, 0.2) is 0 Å². The summed E-state index contributed by atoms with van der Waals surface area (Å²) in [6, 6.07) is 19.5. The van der Waals surface area contributed by atoms with Crippen LogP contribution in [0, 0.1) is 0 Å². The summed E-state index contributed by atoms with van der Waals surface area (Å²) in [6.07, 6.45) is -9.60. The molecule has 6 amide bonds. The average molecular weight is 717 g/mol. The van der Waals surface area contributed by atoms with Gasteiger partial charge < -0.3 is 20.1 Å². The topological polar surface area (TPSA) is 135 Å². The lowest BCUT2D eigenvalue weighted by atomic mass is 10.2. The quantitative estimate of drug-likeness (QED) is 0.148. The van der Waals surface area contributed by atoms with Crippen molar-refractivity contribution in [2.75, 3.05) is 10.6 Å². The van der Waals surface area contributed by atoms with Gasteiger partial charge in [0.2, 0.25) is 0 Å². The van der Waals surface area contributed by atoms with Gasteiger partial charge >= 0.3 is 24.8 Å². The first-order valence-electron chi connectivity index (χ1n) is 12.9. The van der Waals surface area contributed by atoms with Crippen molar-refractivity contribution in [1.82, 2.24) is 10.6 Å². The molecular weight excluding hydrogens is 697 g/mol. The van der Waals surface area contributed by atoms with Gasteiger partial charge in [-0.3, -0.25) is 20.2 Å². The first kappa shape index (κ1) is 37.0. The number of carbonyl (C=O) groups is 4. The van der Waals surface area contributed by atoms with Crippen LogP contribution in [0.1, 0.15) is 20.7 Å². The molecule has 4 N–H and O–H groups in total. The van der Waals surface area contributed by atoms with Crippen molar-refractivity contribution < 1.29 is 55.0 Å². The fraction of sp³-hybridized carbons (Fsp3) is 0.0667. The second kappa shape index (κ2) is 16.4. The third-order valence-electron chi connectivity index (χ3n) is 5.38. The summed E-state index contributed by atoms with van der Waals surface area (Å²) in [5, 5.41) is 9.06. The number of benzene rings is 4. The van der Waals surface area contributed by atoms with E-state index in [1.165, 1.54) is 48.5 Å². The number of amides is 6. The van der Waals surface area contributed by atoms with Crippen molar-refractivity contribution in [3.8, 4) is 11.5 Å². The number of ether oxygens (including phenoxy) is 2. The lowest BCUT2D eigenvalue weighted by molar-refractivity contribution is -0.275. The Morgan fingerprint density at radius 3 is 1.10 bits per heavy atom. The van der Waals surface area contributed by atoms with E-state index in [4.69, 9.17) is 23.2 Å². The minimum absolute atomic E-state index is 0.114. The number of hydrogen-bond donors (Lipinski definition) is 4. The summed E-state index contributed by atoms with van der Waals surface area (Å²) in [5.41, 5.74) is 0.578. The Labute approximate surface area is 276 Å². The molecule has 0 heterocycles. The van der Waals surface area contributed by atoms with Crippen molar-refractivity contribution in [2.45, 2.75) is 12.7 Å². The van der Waals surface area contributed by atoms with Crippen LogP contribution < -0.4 is 30.7 Å². The van der Waals surface area contributed by atoms with Gasteiger partial charge in [0.05, 0.1) is 21.2 Å². The summed E-state index contributed by atoms with van der Waals surface area (Å²) >= 11 is 11.7. The second-order valence-corrected chi connectivity index (χ2v) is 9.73. The molecule has 0 spiro atoms. The van der Waals surface area contributed by atoms with Gasteiger partial charge in [0.25, 0.3) is 11.8 Å². The SMILES string of the molecule is O=C(NC(=O)c1ccccc1Cl)Nc1ccc(OC(F)(F)F)cc1.O=C(NC(=O)c1ccccc1Cl)Nc1ccc(OC(F)(F)F)cc1. The first-order valence-corrected chi connectivity index (χ1v) is 13.7. The maximum absolute atomic E-state index is 12.0. The fourth-order valence-electron chi connectivity index (χ4n) is 3.44. The molecule has 4 aromatic carbocycles. The molecule has 0 aliphatic carbocycles. The summed E-state index contributed by atoms with van der Waals surface area (Å²) in [6.45, 7) is 0. The van der Waals surface area contributed by atoms with Crippen LogP contribution in [0.2, 0.25) is 10.0 Å². The molecule has 0 aromatic heterocycles. The second-order valence-electron chi connectivity index (χ2n) is 8.92. The summed E-state index contributed by atoms with van der Waals surface area (Å²) in [4.78, 5) is 47.2. The lowest BCUT2D eigenvalue weighted by Crippen LogP contribution is -2.34. The normalized spacial score (nSPS) is 10.8. The number of halogens is 8. The standard InChI is InChI=1S/2C15H10ClF3N2O3/c2*16-12-4-2-1-3-11(12)13(22)21-14(23)20-9-5-7-10(8-6-9)24-15(17,18)19/h2*1-8H,(H2,20,21,22,23). The van der Waals surface area contributed by atoms with Crippen molar-refractivity contribution >= 4 is 58.5 Å². The number of imide groups is 2. The lowest BCUT2D eigenvalue weighted by Gasteiger charge is -2.10. The van der Waals surface area contributed by atoms with Crippen molar-refractivity contribution in [3.05, 3.63) is 118 Å². The molecule has 10 nitrogen and oxygen atoms in total. The molecule has 4 rings (SSSR count). The Morgan fingerprint density at radius 2 is 0.812 bits per heavy atom. The highest BCUT2D eigenvalue weighted by Crippen LogP contribution is 2.25. The van der Waals surface area contributed by atoms with E-state index < -0.39 is 48.1 Å². The number of nitrogens with one attached hydrogen (secondary N) is 4. The number of urea groups is 2. The van der Waals surface area contributed by atoms with Gasteiger partial charge in [0, 0.05) is 11.4 Å². The molecule has 252 valence electrons. The smallest absolute Gasteiger partial charge is 0.406 e. The molecule has 0 radical (unpaired) electrons. The van der Waals surface area contributed by atoms with E-state index in [9.17, 15) is 45.5 Å². The molecule has 0 atom stereocenters. The van der Waals surface area contributed by atoms with Crippen LogP contribution in [0.15, 0.2) is 97.1 Å². The van der Waals surface area contributed by atoms with E-state index in [0.717, 1.165) is 24.3 Å². The molecule has 0 aliphatic heterocycles. The molecule has 0 unspecified atom stereocenters. The summed E-state index contributed by atoms with van der Waals surface area (Å²) < 4.78 is 79.6. The van der Waals surface area contributed by atoms with E-state index in [2.05, 4.69) is 30.7 Å². The van der Waals surface area contributed by atoms with Crippen LogP contribution in [0.25, 0.3) is 0 Å². The predicted octanol–water partition coefficient (Wildman–Crippen LogP) is 8.40. The zero-order valence-electron chi connectivity index (χ0n) is 23.7. The molecule has 18 heteroatoms. The zero-order valence-corrected chi connectivity index (χ0v) is 25.2. The van der Waals surface area contributed by atoms with Gasteiger partial charge in [-0.15, -0.1) is 26.3 Å². The largest absolute Gasteiger partial charge is 0.573 e. The third kappa shape index (κ3) is 12.7. The van der Waals surface area contributed by atoms with Gasteiger partial charge in [0.1, 0.15) is 11.5 Å². The van der Waals surface area contributed by atoms with Gasteiger partial charge in [-0.25, -0.2) is 9.59 Å². The average Bonchev–Trinajstić information content (AvgIpc) is 2.98. The monoisotopic (exact) mass is 716 g/mol. The Bertz CT molecular complexity index is 1630. The Hall–Kier alpha value is -5.48. The van der Waals surface area contributed by atoms with E-state index >= 15 is 0 Å². The highest BCUT2D eigenvalue weighted by molar-refractivity contribution is 6.34. The number of anilines is 2. The molecule has 4 aromatic rings. The maximum atomic E-state index is 12.0. The van der Waals surface area contributed by atoms with Crippen LogP contribution in [0.3, 0.4) is 0 Å². The van der Waals surface area contributed by atoms with Crippen molar-refractivity contribution in [1.29, 1.82) is 0 Å². The van der Waals surface area contributed by atoms with Crippen molar-refractivity contribution in [2.24, 2.45) is 0 Å². The highest BCUT2D eigenvalue weighted by atomic mass is 35.5. The van der Waals surface area contributed by atoms with Crippen LogP contribution in [0.5, 0.6) is 11.5 Å². The molecular formula is C30H20Cl2F6N4O6. The third-order valence-corrected chi connectivity index (χ3v) is 6.04. The van der Waals surface area contributed by atoms with Gasteiger partial charge in [-0.05, 0) is 72.8 Å². The predicted molar refractivity (Wildman–Crippen MR) is 162 cm³/mol. The van der Waals surface area contributed by atoms with Crippen LogP contribution in [-0.4, -0.2) is 36.6 Å². The number of rotatable bonds is 6. The molecule has 0 aliphatic rings. The van der Waals surface area contributed by atoms with Crippen LogP contribution in [0.4, 0.5) is 47.3 Å². The van der Waals surface area contributed by atoms with Crippen LogP contribution >= 0.6 is 23.2 Å². The van der Waals surface area contributed by atoms with E-state index in [1.807, 2.05) is 0 Å². The van der Waals surface area contributed by atoms with E-state index in [1.54, 1.807) is 24.3 Å². The minimum atomic E-state index is -4.80. The van der Waals surface area contributed by atoms with Gasteiger partial charge in [-0.1, -0.05) is 47.5 Å². The summed E-state index contributed by atoms with van der Waals surface area (Å²) in [5.74, 6) is -2.29.